The fraction of sp³-hybridized carbons (Fsp3) is 1.00. The first-order valence-corrected chi connectivity index (χ1v) is 4.70. The normalized spacial score (nSPS) is 19.9. The highest BCUT2D eigenvalue weighted by Crippen LogP contribution is 2.14. The Morgan fingerprint density at radius 1 is 1.50 bits per heavy atom. The minimum absolute atomic E-state index is 0.541. The lowest BCUT2D eigenvalue weighted by Gasteiger charge is -2.13. The topological polar surface area (TPSA) is 40.4 Å². The molecule has 1 rings (SSSR count). The van der Waals surface area contributed by atoms with Gasteiger partial charge in [-0.3, -0.25) is 0 Å². The van der Waals surface area contributed by atoms with Crippen LogP contribution in [0.1, 0.15) is 6.92 Å². The summed E-state index contributed by atoms with van der Waals surface area (Å²) in [7, 11) is -1.46. The third-order valence-corrected chi connectivity index (χ3v) is 3.64. The monoisotopic (exact) mass is 164 g/mol. The Kier molecular flexibility index (Phi) is 1.98. The lowest BCUT2D eigenvalue weighted by atomic mass is 10.8. The molecular formula is C5H12N2O2S. The molecule has 10 heavy (non-hydrogen) atoms. The van der Waals surface area contributed by atoms with E-state index in [0.29, 0.717) is 19.6 Å². The van der Waals surface area contributed by atoms with Crippen molar-refractivity contribution >= 4 is 10.2 Å². The van der Waals surface area contributed by atoms with E-state index in [4.69, 9.17) is 0 Å². The van der Waals surface area contributed by atoms with E-state index in [1.807, 2.05) is 6.92 Å². The Morgan fingerprint density at radius 2 is 2.00 bits per heavy atom. The summed E-state index contributed by atoms with van der Waals surface area (Å²) in [5.41, 5.74) is 0. The van der Waals surface area contributed by atoms with Gasteiger partial charge in [0, 0.05) is 26.7 Å². The van der Waals surface area contributed by atoms with E-state index in [1.54, 1.807) is 7.05 Å². The summed E-state index contributed by atoms with van der Waals surface area (Å²) in [5, 5.41) is 0. The molecule has 0 amide bonds. The predicted octanol–water partition coefficient (Wildman–Crippen LogP) is -0.501. The zero-order valence-corrected chi connectivity index (χ0v) is 7.06. The van der Waals surface area contributed by atoms with Gasteiger partial charge in [-0.15, -0.1) is 0 Å². The van der Waals surface area contributed by atoms with Gasteiger partial charge in [-0.2, -0.15) is 17.0 Å². The van der Waals surface area contributed by atoms with Crippen molar-refractivity contribution in [2.75, 3.05) is 26.7 Å². The van der Waals surface area contributed by atoms with Crippen molar-refractivity contribution in [2.45, 2.75) is 6.92 Å². The zero-order chi connectivity index (χ0) is 7.78. The van der Waals surface area contributed by atoms with E-state index < -0.39 is 10.2 Å². The van der Waals surface area contributed by atoms with Crippen molar-refractivity contribution in [3.05, 3.63) is 0 Å². The van der Waals surface area contributed by atoms with Crippen LogP contribution in [0.15, 0.2) is 0 Å². The number of hydrogen-bond donors (Lipinski definition) is 0. The molecule has 60 valence electrons. The van der Waals surface area contributed by atoms with Crippen LogP contribution in [0, 0.1) is 0 Å². The number of hydrogen-bond acceptors (Lipinski definition) is 2. The molecule has 0 bridgehead atoms. The second kappa shape index (κ2) is 2.48. The van der Waals surface area contributed by atoms with Crippen LogP contribution < -0.4 is 0 Å². The smallest absolute Gasteiger partial charge is 0.195 e. The van der Waals surface area contributed by atoms with Gasteiger partial charge < -0.3 is 0 Å². The quantitative estimate of drug-likeness (QED) is 0.527. The Labute approximate surface area is 61.6 Å². The van der Waals surface area contributed by atoms with Crippen molar-refractivity contribution in [1.29, 1.82) is 0 Å². The molecule has 4 nitrogen and oxygen atoms in total. The first-order valence-electron chi connectivity index (χ1n) is 3.30. The molecule has 5 heteroatoms. The summed E-state index contributed by atoms with van der Waals surface area (Å²) in [6.07, 6.45) is 0. The van der Waals surface area contributed by atoms with Crippen molar-refractivity contribution in [1.82, 2.24) is 8.61 Å². The highest BCUT2D eigenvalue weighted by molar-refractivity contribution is 7.87. The van der Waals surface area contributed by atoms with E-state index in [2.05, 4.69) is 0 Å². The fourth-order valence-corrected chi connectivity index (χ4v) is 1.90. The van der Waals surface area contributed by atoms with Gasteiger partial charge in [-0.05, 0) is 0 Å². The summed E-state index contributed by atoms with van der Waals surface area (Å²) >= 11 is 0. The molecule has 0 radical (unpaired) electrons. The molecule has 0 saturated carbocycles. The Bertz CT molecular complexity index is 208. The molecule has 1 fully saturated rings. The zero-order valence-electron chi connectivity index (χ0n) is 6.24. The van der Waals surface area contributed by atoms with Crippen molar-refractivity contribution in [2.24, 2.45) is 0 Å². The lowest BCUT2D eigenvalue weighted by Crippen LogP contribution is -2.31. The first-order chi connectivity index (χ1) is 4.59. The van der Waals surface area contributed by atoms with Crippen molar-refractivity contribution in [3.8, 4) is 0 Å². The maximum Gasteiger partial charge on any atom is 0.281 e. The fourth-order valence-electron chi connectivity index (χ4n) is 0.632. The summed E-state index contributed by atoms with van der Waals surface area (Å²) < 4.78 is 25.1. The van der Waals surface area contributed by atoms with Gasteiger partial charge in [0.25, 0.3) is 10.2 Å². The van der Waals surface area contributed by atoms with Crippen LogP contribution in [-0.2, 0) is 10.2 Å². The van der Waals surface area contributed by atoms with Gasteiger partial charge in [0.05, 0.1) is 0 Å². The first kappa shape index (κ1) is 7.97. The predicted molar refractivity (Wildman–Crippen MR) is 38.8 cm³/mol. The van der Waals surface area contributed by atoms with Crippen LogP contribution in [0.5, 0.6) is 0 Å². The molecule has 0 unspecified atom stereocenters. The highest BCUT2D eigenvalue weighted by atomic mass is 32.2. The average molecular weight is 164 g/mol. The van der Waals surface area contributed by atoms with Crippen LogP contribution in [0.4, 0.5) is 0 Å². The van der Waals surface area contributed by atoms with Gasteiger partial charge in [0.15, 0.2) is 0 Å². The third-order valence-electron chi connectivity index (χ3n) is 1.57. The molecule has 1 aliphatic heterocycles. The lowest BCUT2D eigenvalue weighted by molar-refractivity contribution is 0.456. The molecule has 0 atom stereocenters. The van der Waals surface area contributed by atoms with Gasteiger partial charge in [-0.1, -0.05) is 6.92 Å². The minimum atomic E-state index is -3.05. The average Bonchev–Trinajstić information content (AvgIpc) is 2.66. The molecule has 0 aromatic rings. The SMILES string of the molecule is CCN(C)S(=O)(=O)N1CC1. The summed E-state index contributed by atoms with van der Waals surface area (Å²) in [6, 6.07) is 0. The van der Waals surface area contributed by atoms with Crippen LogP contribution in [0.3, 0.4) is 0 Å². The molecule has 0 aromatic carbocycles. The van der Waals surface area contributed by atoms with E-state index in [-0.39, 0.29) is 0 Å². The van der Waals surface area contributed by atoms with Gasteiger partial charge >= 0.3 is 0 Å². The molecule has 0 aliphatic carbocycles. The maximum absolute atomic E-state index is 11.2. The van der Waals surface area contributed by atoms with E-state index >= 15 is 0 Å². The summed E-state index contributed by atoms with van der Waals surface area (Å²) in [6.45, 7) is 3.74. The number of rotatable bonds is 3. The van der Waals surface area contributed by atoms with Crippen LogP contribution in [0.25, 0.3) is 0 Å². The van der Waals surface area contributed by atoms with Crippen LogP contribution in [-0.4, -0.2) is 43.7 Å². The third kappa shape index (κ3) is 1.31. The van der Waals surface area contributed by atoms with Crippen molar-refractivity contribution < 1.29 is 8.42 Å². The maximum atomic E-state index is 11.2. The second-order valence-electron chi connectivity index (χ2n) is 2.32. The molecule has 0 spiro atoms. The van der Waals surface area contributed by atoms with E-state index in [0.717, 1.165) is 0 Å². The second-order valence-corrected chi connectivity index (χ2v) is 4.36. The van der Waals surface area contributed by atoms with E-state index in [9.17, 15) is 8.42 Å². The molecule has 0 aromatic heterocycles. The highest BCUT2D eigenvalue weighted by Gasteiger charge is 2.34. The number of nitrogens with zero attached hydrogens (tertiary/aromatic N) is 2. The van der Waals surface area contributed by atoms with Gasteiger partial charge in [-0.25, -0.2) is 0 Å². The van der Waals surface area contributed by atoms with Gasteiger partial charge in [0.1, 0.15) is 0 Å². The summed E-state index contributed by atoms with van der Waals surface area (Å²) in [5.74, 6) is 0. The Hall–Kier alpha value is -0.130. The standard InChI is InChI=1S/C5H12N2O2S/c1-3-6(2)10(8,9)7-4-5-7/h3-5H2,1-2H3. The summed E-state index contributed by atoms with van der Waals surface area (Å²) in [4.78, 5) is 0. The molecule has 0 N–H and O–H groups in total. The Morgan fingerprint density at radius 3 is 2.30 bits per heavy atom. The largest absolute Gasteiger partial charge is 0.281 e. The van der Waals surface area contributed by atoms with E-state index in [1.165, 1.54) is 8.61 Å². The van der Waals surface area contributed by atoms with Crippen LogP contribution in [0.2, 0.25) is 0 Å². The molecular weight excluding hydrogens is 152 g/mol. The van der Waals surface area contributed by atoms with Crippen LogP contribution >= 0.6 is 0 Å². The molecule has 1 heterocycles. The Balaban J connectivity index is 2.67. The molecule has 1 aliphatic rings. The van der Waals surface area contributed by atoms with Gasteiger partial charge in [0.2, 0.25) is 0 Å². The molecule has 1 saturated heterocycles. The minimum Gasteiger partial charge on any atom is -0.195 e. The van der Waals surface area contributed by atoms with Crippen molar-refractivity contribution in [3.63, 3.8) is 0 Å².